The zero-order chi connectivity index (χ0) is 44.8. The van der Waals surface area contributed by atoms with Crippen LogP contribution in [-0.2, 0) is 12.4 Å². The molecule has 0 unspecified atom stereocenters. The van der Waals surface area contributed by atoms with Crippen LogP contribution in [0.25, 0.3) is 11.1 Å². The number of nitrogens with one attached hydrogen (secondary N) is 7. The maximum absolute atomic E-state index is 16.1. The molecular formula is C42H28F9N7O4. The van der Waals surface area contributed by atoms with Gasteiger partial charge < -0.3 is 37.2 Å². The van der Waals surface area contributed by atoms with Gasteiger partial charge in [0, 0.05) is 28.7 Å². The first-order valence-corrected chi connectivity index (χ1v) is 17.7. The second-order valence-electron chi connectivity index (χ2n) is 13.0. The molecule has 0 saturated heterocycles. The minimum absolute atomic E-state index is 0.00100. The monoisotopic (exact) mass is 865 g/mol. The molecule has 0 heterocycles. The molecule has 6 aromatic rings. The van der Waals surface area contributed by atoms with Crippen LogP contribution in [0.15, 0.2) is 127 Å². The smallest absolute Gasteiger partial charge is 0.320 e. The molecule has 6 aromatic carbocycles. The highest BCUT2D eigenvalue weighted by Gasteiger charge is 2.31. The van der Waals surface area contributed by atoms with Crippen LogP contribution in [0, 0.1) is 17.5 Å². The number of halogens is 9. The summed E-state index contributed by atoms with van der Waals surface area (Å²) >= 11 is 0. The normalized spacial score (nSPS) is 11.2. The predicted molar refractivity (Wildman–Crippen MR) is 213 cm³/mol. The maximum atomic E-state index is 16.1. The Labute approximate surface area is 344 Å². The van der Waals surface area contributed by atoms with Crippen molar-refractivity contribution in [3.05, 3.63) is 162 Å². The van der Waals surface area contributed by atoms with Crippen molar-refractivity contribution >= 4 is 63.8 Å². The Morgan fingerprint density at radius 1 is 0.403 bits per heavy atom. The largest absolute Gasteiger partial charge is 0.416 e. The van der Waals surface area contributed by atoms with Gasteiger partial charge in [-0.1, -0.05) is 36.4 Å². The molecule has 0 atom stereocenters. The lowest BCUT2D eigenvalue weighted by atomic mass is 10.0. The highest BCUT2D eigenvalue weighted by Crippen LogP contribution is 2.37. The highest BCUT2D eigenvalue weighted by molar-refractivity contribution is 6.10. The molecule has 0 radical (unpaired) electrons. The Bertz CT molecular complexity index is 2690. The van der Waals surface area contributed by atoms with E-state index in [1.54, 1.807) is 0 Å². The number of alkyl halides is 6. The van der Waals surface area contributed by atoms with Crippen molar-refractivity contribution in [3.8, 4) is 11.1 Å². The SMILES string of the molecule is O=C(Nc1cccc(C(F)(F)F)c1)Nc1ccc(-c2cc(NC(=O)Nc3cccc(F)c3)c(NC(=O)c3ccccc3F)cc2F)cc1NC(=O)Nc1cccc(C(F)(F)F)c1. The number of hydrogen-bond acceptors (Lipinski definition) is 4. The summed E-state index contributed by atoms with van der Waals surface area (Å²) in [5.41, 5.74) is -4.88. The van der Waals surface area contributed by atoms with Crippen LogP contribution in [0.2, 0.25) is 0 Å². The molecule has 0 spiro atoms. The van der Waals surface area contributed by atoms with Crippen LogP contribution in [0.5, 0.6) is 0 Å². The van der Waals surface area contributed by atoms with Gasteiger partial charge in [0.2, 0.25) is 0 Å². The van der Waals surface area contributed by atoms with Crippen LogP contribution in [0.3, 0.4) is 0 Å². The number of amides is 7. The number of urea groups is 3. The molecule has 0 aliphatic rings. The average molecular weight is 866 g/mol. The van der Waals surface area contributed by atoms with Gasteiger partial charge in [0.25, 0.3) is 5.91 Å². The zero-order valence-electron chi connectivity index (χ0n) is 31.2. The third-order valence-electron chi connectivity index (χ3n) is 8.53. The van der Waals surface area contributed by atoms with Crippen molar-refractivity contribution in [2.75, 3.05) is 37.2 Å². The predicted octanol–water partition coefficient (Wildman–Crippen LogP) is 12.0. The highest BCUT2D eigenvalue weighted by atomic mass is 19.4. The molecule has 11 nitrogen and oxygen atoms in total. The first-order valence-electron chi connectivity index (χ1n) is 17.7. The third-order valence-corrected chi connectivity index (χ3v) is 8.53. The number of carbonyl (C=O) groups excluding carboxylic acids is 4. The molecule has 6 rings (SSSR count). The lowest BCUT2D eigenvalue weighted by molar-refractivity contribution is -0.138. The third kappa shape index (κ3) is 11.2. The average Bonchev–Trinajstić information content (AvgIpc) is 3.19. The molecule has 0 aromatic heterocycles. The number of carbonyl (C=O) groups is 4. The van der Waals surface area contributed by atoms with Crippen molar-refractivity contribution in [2.45, 2.75) is 12.4 Å². The fourth-order valence-corrected chi connectivity index (χ4v) is 5.73. The Balaban J connectivity index is 1.36. The lowest BCUT2D eigenvalue weighted by Crippen LogP contribution is -2.23. The van der Waals surface area contributed by atoms with Gasteiger partial charge in [0.05, 0.1) is 39.4 Å². The Morgan fingerprint density at radius 2 is 0.887 bits per heavy atom. The summed E-state index contributed by atoms with van der Waals surface area (Å²) in [7, 11) is 0. The van der Waals surface area contributed by atoms with Gasteiger partial charge in [-0.15, -0.1) is 0 Å². The molecule has 0 aliphatic carbocycles. The van der Waals surface area contributed by atoms with Crippen LogP contribution in [0.4, 0.5) is 93.7 Å². The van der Waals surface area contributed by atoms with Gasteiger partial charge in [0.15, 0.2) is 0 Å². The quantitative estimate of drug-likeness (QED) is 0.0724. The zero-order valence-corrected chi connectivity index (χ0v) is 31.2. The molecule has 0 bridgehead atoms. The van der Waals surface area contributed by atoms with E-state index in [4.69, 9.17) is 0 Å². The minimum Gasteiger partial charge on any atom is -0.320 e. The summed E-state index contributed by atoms with van der Waals surface area (Å²) in [4.78, 5) is 52.4. The molecule has 62 heavy (non-hydrogen) atoms. The van der Waals surface area contributed by atoms with E-state index < -0.39 is 70.5 Å². The Kier molecular flexibility index (Phi) is 12.7. The van der Waals surface area contributed by atoms with Gasteiger partial charge in [-0.25, -0.2) is 27.6 Å². The van der Waals surface area contributed by atoms with E-state index in [-0.39, 0.29) is 50.9 Å². The molecule has 7 amide bonds. The van der Waals surface area contributed by atoms with Crippen LogP contribution >= 0.6 is 0 Å². The fraction of sp³-hybridized carbons (Fsp3) is 0.0476. The second kappa shape index (κ2) is 18.1. The first kappa shape index (κ1) is 43.5. The Morgan fingerprint density at radius 3 is 1.42 bits per heavy atom. The number of rotatable bonds is 9. The second-order valence-corrected chi connectivity index (χ2v) is 13.0. The van der Waals surface area contributed by atoms with E-state index in [1.807, 2.05) is 0 Å². The molecule has 0 fully saturated rings. The molecule has 7 N–H and O–H groups in total. The van der Waals surface area contributed by atoms with Crippen molar-refractivity contribution in [1.82, 2.24) is 0 Å². The van der Waals surface area contributed by atoms with Gasteiger partial charge in [-0.3, -0.25) is 4.79 Å². The van der Waals surface area contributed by atoms with E-state index in [2.05, 4.69) is 37.2 Å². The van der Waals surface area contributed by atoms with Crippen molar-refractivity contribution < 1.29 is 58.7 Å². The number of benzene rings is 6. The van der Waals surface area contributed by atoms with Crippen LogP contribution in [-0.4, -0.2) is 24.0 Å². The molecular weight excluding hydrogens is 837 g/mol. The van der Waals surface area contributed by atoms with E-state index in [0.717, 1.165) is 84.9 Å². The maximum Gasteiger partial charge on any atom is 0.416 e. The molecule has 0 saturated carbocycles. The topological polar surface area (TPSA) is 152 Å². The molecule has 0 aliphatic heterocycles. The molecule has 20 heteroatoms. The number of anilines is 7. The number of hydrogen-bond donors (Lipinski definition) is 7. The van der Waals surface area contributed by atoms with E-state index in [1.165, 1.54) is 30.3 Å². The minimum atomic E-state index is -4.76. The van der Waals surface area contributed by atoms with Crippen molar-refractivity contribution in [1.29, 1.82) is 0 Å². The van der Waals surface area contributed by atoms with Crippen molar-refractivity contribution in [3.63, 3.8) is 0 Å². The van der Waals surface area contributed by atoms with Gasteiger partial charge >= 0.3 is 30.4 Å². The van der Waals surface area contributed by atoms with E-state index >= 15 is 4.39 Å². The Hall–Kier alpha value is -8.03. The summed E-state index contributed by atoms with van der Waals surface area (Å²) < 4.78 is 124. The lowest BCUT2D eigenvalue weighted by Gasteiger charge is -2.18. The van der Waals surface area contributed by atoms with E-state index in [0.29, 0.717) is 12.1 Å². The summed E-state index contributed by atoms with van der Waals surface area (Å²) in [6, 6.07) is 18.8. The van der Waals surface area contributed by atoms with E-state index in [9.17, 15) is 54.3 Å². The molecule has 318 valence electrons. The van der Waals surface area contributed by atoms with Crippen LogP contribution in [0.1, 0.15) is 21.5 Å². The fourth-order valence-electron chi connectivity index (χ4n) is 5.73. The summed E-state index contributed by atoms with van der Waals surface area (Å²) in [5, 5.41) is 16.2. The van der Waals surface area contributed by atoms with Gasteiger partial charge in [0.1, 0.15) is 17.5 Å². The first-order chi connectivity index (χ1) is 29.3. The standard InChI is InChI=1S/C42H28F9N7O4/c43-25-8-5-11-28(19-25)54-40(62)58-35-20-30(32(45)21-36(35)55-37(59)29-12-1-2-13-31(29)44)22-14-15-33(56-38(60)52-26-9-3-6-23(17-26)41(46,47)48)34(16-22)57-39(61)53-27-10-4-7-24(18-27)42(49,50)51/h1-21H,(H,55,59)(H2,52,56,60)(H2,53,57,61)(H2,54,58,62). The summed E-state index contributed by atoms with van der Waals surface area (Å²) in [5.74, 6) is -3.73. The van der Waals surface area contributed by atoms with Gasteiger partial charge in [-0.2, -0.15) is 26.3 Å². The van der Waals surface area contributed by atoms with Crippen molar-refractivity contribution in [2.24, 2.45) is 0 Å². The summed E-state index contributed by atoms with van der Waals surface area (Å²) in [6.45, 7) is 0. The van der Waals surface area contributed by atoms with Gasteiger partial charge in [-0.05, 0) is 90.5 Å². The van der Waals surface area contributed by atoms with Crippen LogP contribution < -0.4 is 37.2 Å². The summed E-state index contributed by atoms with van der Waals surface area (Å²) in [6.07, 6.45) is -9.51.